The molecule has 1 fully saturated rings. The van der Waals surface area contributed by atoms with E-state index in [0.717, 1.165) is 25.9 Å². The number of nitrogens with zero attached hydrogens (tertiary/aromatic N) is 1. The Morgan fingerprint density at radius 2 is 2.24 bits per heavy atom. The van der Waals surface area contributed by atoms with Crippen molar-refractivity contribution in [2.24, 2.45) is 11.7 Å². The second-order valence-corrected chi connectivity index (χ2v) is 4.62. The van der Waals surface area contributed by atoms with E-state index in [9.17, 15) is 9.59 Å². The van der Waals surface area contributed by atoms with Crippen LogP contribution in [-0.4, -0.2) is 49.6 Å². The van der Waals surface area contributed by atoms with Crippen LogP contribution in [0.2, 0.25) is 0 Å². The first-order valence-electron chi connectivity index (χ1n) is 6.02. The van der Waals surface area contributed by atoms with Crippen LogP contribution in [0.5, 0.6) is 0 Å². The van der Waals surface area contributed by atoms with Gasteiger partial charge in [-0.2, -0.15) is 0 Å². The molecule has 0 spiro atoms. The van der Waals surface area contributed by atoms with Gasteiger partial charge in [0.1, 0.15) is 0 Å². The average molecular weight is 242 g/mol. The van der Waals surface area contributed by atoms with Crippen molar-refractivity contribution in [1.29, 1.82) is 0 Å². The van der Waals surface area contributed by atoms with Gasteiger partial charge in [-0.15, -0.1) is 0 Å². The molecule has 2 unspecified atom stereocenters. The normalized spacial score (nSPS) is 22.9. The summed E-state index contributed by atoms with van der Waals surface area (Å²) < 4.78 is 0. The Morgan fingerprint density at radius 1 is 1.53 bits per heavy atom. The van der Waals surface area contributed by atoms with Crippen molar-refractivity contribution in [3.8, 4) is 0 Å². The van der Waals surface area contributed by atoms with Gasteiger partial charge >= 0.3 is 6.03 Å². The Kier molecular flexibility index (Phi) is 5.37. The largest absolute Gasteiger partial charge is 0.341 e. The lowest BCUT2D eigenvalue weighted by Crippen LogP contribution is -2.48. The highest BCUT2D eigenvalue weighted by Gasteiger charge is 2.24. The number of nitrogens with two attached hydrogens (primary N) is 1. The van der Waals surface area contributed by atoms with Crippen molar-refractivity contribution in [1.82, 2.24) is 15.5 Å². The predicted molar refractivity (Wildman–Crippen MR) is 65.4 cm³/mol. The number of urea groups is 1. The Morgan fingerprint density at radius 3 is 2.82 bits per heavy atom. The first-order chi connectivity index (χ1) is 8.02. The monoisotopic (exact) mass is 242 g/mol. The summed E-state index contributed by atoms with van der Waals surface area (Å²) in [6.07, 6.45) is 2.17. The van der Waals surface area contributed by atoms with Gasteiger partial charge in [0.05, 0.1) is 6.54 Å². The van der Waals surface area contributed by atoms with E-state index < -0.39 is 6.03 Å². The van der Waals surface area contributed by atoms with E-state index >= 15 is 0 Å². The van der Waals surface area contributed by atoms with Crippen molar-refractivity contribution in [2.75, 3.05) is 26.7 Å². The highest BCUT2D eigenvalue weighted by Crippen LogP contribution is 2.18. The number of carbonyl (C=O) groups excluding carboxylic acids is 2. The lowest BCUT2D eigenvalue weighted by Gasteiger charge is -2.34. The molecule has 1 aliphatic heterocycles. The molecule has 1 rings (SSSR count). The van der Waals surface area contributed by atoms with Crippen LogP contribution in [0.25, 0.3) is 0 Å². The fourth-order valence-corrected chi connectivity index (χ4v) is 2.10. The molecule has 4 N–H and O–H groups in total. The van der Waals surface area contributed by atoms with E-state index in [0.29, 0.717) is 5.92 Å². The SMILES string of the molecule is CNC(=O)NC(=O)CN1CCCC(C(C)N)C1. The van der Waals surface area contributed by atoms with Crippen LogP contribution < -0.4 is 16.4 Å². The molecule has 6 heteroatoms. The zero-order valence-electron chi connectivity index (χ0n) is 10.5. The van der Waals surface area contributed by atoms with Crippen LogP contribution in [-0.2, 0) is 4.79 Å². The third-order valence-electron chi connectivity index (χ3n) is 3.13. The molecule has 1 heterocycles. The summed E-state index contributed by atoms with van der Waals surface area (Å²) in [7, 11) is 1.48. The first-order valence-corrected chi connectivity index (χ1v) is 6.02. The second kappa shape index (κ2) is 6.56. The average Bonchev–Trinajstić information content (AvgIpc) is 2.28. The smallest absolute Gasteiger partial charge is 0.321 e. The van der Waals surface area contributed by atoms with Crippen molar-refractivity contribution in [3.63, 3.8) is 0 Å². The lowest BCUT2D eigenvalue weighted by atomic mass is 9.92. The molecule has 0 aromatic carbocycles. The molecule has 0 saturated carbocycles. The van der Waals surface area contributed by atoms with Crippen molar-refractivity contribution in [3.05, 3.63) is 0 Å². The van der Waals surface area contributed by atoms with Crippen LogP contribution in [0.15, 0.2) is 0 Å². The molecule has 98 valence electrons. The predicted octanol–water partition coefficient (Wildman–Crippen LogP) is -0.499. The van der Waals surface area contributed by atoms with Gasteiger partial charge < -0.3 is 11.1 Å². The van der Waals surface area contributed by atoms with Gasteiger partial charge in [0.15, 0.2) is 0 Å². The molecule has 6 nitrogen and oxygen atoms in total. The number of nitrogens with one attached hydrogen (secondary N) is 2. The maximum atomic E-state index is 11.5. The summed E-state index contributed by atoms with van der Waals surface area (Å²) in [4.78, 5) is 24.5. The van der Waals surface area contributed by atoms with Crippen LogP contribution in [0, 0.1) is 5.92 Å². The van der Waals surface area contributed by atoms with Gasteiger partial charge in [-0.25, -0.2) is 4.79 Å². The summed E-state index contributed by atoms with van der Waals surface area (Å²) in [6.45, 7) is 3.98. The standard InChI is InChI=1S/C11H22N4O2/c1-8(12)9-4-3-5-15(6-9)7-10(16)14-11(17)13-2/h8-9H,3-7,12H2,1-2H3,(H2,13,14,16,17). The Labute approximate surface area is 102 Å². The summed E-state index contributed by atoms with van der Waals surface area (Å²) >= 11 is 0. The summed E-state index contributed by atoms with van der Waals surface area (Å²) in [5, 5.41) is 4.61. The van der Waals surface area contributed by atoms with E-state index in [2.05, 4.69) is 15.5 Å². The second-order valence-electron chi connectivity index (χ2n) is 4.62. The molecule has 0 bridgehead atoms. The summed E-state index contributed by atoms with van der Waals surface area (Å²) in [5.74, 6) is 0.172. The number of piperidine rings is 1. The summed E-state index contributed by atoms with van der Waals surface area (Å²) in [6, 6.07) is -0.310. The van der Waals surface area contributed by atoms with Crippen molar-refractivity contribution >= 4 is 11.9 Å². The van der Waals surface area contributed by atoms with E-state index in [1.165, 1.54) is 7.05 Å². The zero-order chi connectivity index (χ0) is 12.8. The Bertz CT molecular complexity index is 281. The number of carbonyl (C=O) groups is 2. The molecule has 1 saturated heterocycles. The van der Waals surface area contributed by atoms with Crippen LogP contribution in [0.4, 0.5) is 4.79 Å². The fraction of sp³-hybridized carbons (Fsp3) is 0.818. The topological polar surface area (TPSA) is 87.5 Å². The molecule has 1 aliphatic rings. The molecule has 3 amide bonds. The highest BCUT2D eigenvalue weighted by molar-refractivity contribution is 5.95. The molecule has 2 atom stereocenters. The number of imide groups is 1. The van der Waals surface area contributed by atoms with E-state index in [1.807, 2.05) is 6.92 Å². The van der Waals surface area contributed by atoms with Crippen LogP contribution >= 0.6 is 0 Å². The minimum Gasteiger partial charge on any atom is -0.341 e. The third-order valence-corrected chi connectivity index (χ3v) is 3.13. The van der Waals surface area contributed by atoms with Gasteiger partial charge in [-0.05, 0) is 32.2 Å². The van der Waals surface area contributed by atoms with Gasteiger partial charge in [0.2, 0.25) is 5.91 Å². The van der Waals surface area contributed by atoms with Gasteiger partial charge in [-0.3, -0.25) is 15.0 Å². The lowest BCUT2D eigenvalue weighted by molar-refractivity contribution is -0.121. The third kappa shape index (κ3) is 4.70. The van der Waals surface area contributed by atoms with Crippen LogP contribution in [0.1, 0.15) is 19.8 Å². The van der Waals surface area contributed by atoms with E-state index in [1.54, 1.807) is 0 Å². The highest BCUT2D eigenvalue weighted by atomic mass is 16.2. The van der Waals surface area contributed by atoms with Crippen LogP contribution in [0.3, 0.4) is 0 Å². The number of hydrogen-bond donors (Lipinski definition) is 3. The molecule has 0 aromatic heterocycles. The Balaban J connectivity index is 2.35. The molecule has 17 heavy (non-hydrogen) atoms. The fourth-order valence-electron chi connectivity index (χ4n) is 2.10. The molecule has 0 aromatic rings. The van der Waals surface area contributed by atoms with E-state index in [4.69, 9.17) is 5.73 Å². The van der Waals surface area contributed by atoms with Gasteiger partial charge in [-0.1, -0.05) is 0 Å². The molecular formula is C11H22N4O2. The number of amides is 3. The van der Waals surface area contributed by atoms with Crippen molar-refractivity contribution in [2.45, 2.75) is 25.8 Å². The number of likely N-dealkylation sites (tertiary alicyclic amines) is 1. The number of rotatable bonds is 3. The first kappa shape index (κ1) is 13.9. The molecular weight excluding hydrogens is 220 g/mol. The van der Waals surface area contributed by atoms with Gasteiger partial charge in [0.25, 0.3) is 0 Å². The summed E-state index contributed by atoms with van der Waals surface area (Å²) in [5.41, 5.74) is 5.87. The van der Waals surface area contributed by atoms with E-state index in [-0.39, 0.29) is 18.5 Å². The minimum absolute atomic E-state index is 0.153. The molecule has 0 radical (unpaired) electrons. The number of hydrogen-bond acceptors (Lipinski definition) is 4. The maximum Gasteiger partial charge on any atom is 0.321 e. The Hall–Kier alpha value is -1.14. The maximum absolute atomic E-state index is 11.5. The minimum atomic E-state index is -0.462. The van der Waals surface area contributed by atoms with Crippen molar-refractivity contribution < 1.29 is 9.59 Å². The molecule has 0 aliphatic carbocycles. The quantitative estimate of drug-likeness (QED) is 0.622. The zero-order valence-corrected chi connectivity index (χ0v) is 10.5. The van der Waals surface area contributed by atoms with Gasteiger partial charge in [0, 0.05) is 19.6 Å².